The van der Waals surface area contributed by atoms with Crippen LogP contribution in [0, 0.1) is 5.92 Å². The van der Waals surface area contributed by atoms with Crippen molar-refractivity contribution in [2.45, 2.75) is 45.9 Å². The monoisotopic (exact) mass is 496 g/mol. The Hall–Kier alpha value is -0.870. The van der Waals surface area contributed by atoms with Crippen molar-refractivity contribution in [1.29, 1.82) is 0 Å². The highest BCUT2D eigenvalue weighted by molar-refractivity contribution is 14.0. The number of guanidine groups is 1. The van der Waals surface area contributed by atoms with Gasteiger partial charge < -0.3 is 10.6 Å². The maximum Gasteiger partial charge on any atom is 0.215 e. The van der Waals surface area contributed by atoms with E-state index in [9.17, 15) is 8.42 Å². The van der Waals surface area contributed by atoms with E-state index in [1.165, 1.54) is 7.05 Å². The molecule has 0 amide bonds. The minimum Gasteiger partial charge on any atom is -0.357 e. The molecule has 0 bridgehead atoms. The zero-order valence-corrected chi connectivity index (χ0v) is 19.4. The lowest BCUT2D eigenvalue weighted by atomic mass is 10.0. The molecular weight excluding hydrogens is 463 g/mol. The van der Waals surface area contributed by atoms with Crippen LogP contribution in [0.15, 0.2) is 29.3 Å². The standard InChI is InChI=1S/C18H32N4O2S.HI/c1-5-15(6-2)12-21-18(20-7-3)22-13-16-9-8-10-17(11-16)14-25(23,24)19-4;/h8-11,15,19H,5-7,12-14H2,1-4H3,(H2,20,21,22);1H. The molecule has 1 aromatic rings. The first-order valence-electron chi connectivity index (χ1n) is 8.95. The lowest BCUT2D eigenvalue weighted by Crippen LogP contribution is -2.39. The topological polar surface area (TPSA) is 82.6 Å². The molecule has 0 saturated carbocycles. The molecular formula is C18H33IN4O2S. The second-order valence-corrected chi connectivity index (χ2v) is 7.97. The summed E-state index contributed by atoms with van der Waals surface area (Å²) in [4.78, 5) is 4.61. The van der Waals surface area contributed by atoms with Crippen molar-refractivity contribution >= 4 is 40.0 Å². The Morgan fingerprint density at radius 2 is 1.77 bits per heavy atom. The van der Waals surface area contributed by atoms with Gasteiger partial charge in [-0.1, -0.05) is 51.0 Å². The second kappa shape index (κ2) is 13.3. The predicted octanol–water partition coefficient (Wildman–Crippen LogP) is 2.85. The first kappa shape index (κ1) is 25.1. The maximum absolute atomic E-state index is 11.7. The van der Waals surface area contributed by atoms with Crippen LogP contribution in [0.25, 0.3) is 0 Å². The number of halogens is 1. The molecule has 0 spiro atoms. The van der Waals surface area contributed by atoms with Gasteiger partial charge in [0.1, 0.15) is 0 Å². The highest BCUT2D eigenvalue weighted by atomic mass is 127. The van der Waals surface area contributed by atoms with Crippen molar-refractivity contribution in [3.63, 3.8) is 0 Å². The van der Waals surface area contributed by atoms with E-state index in [2.05, 4.69) is 34.2 Å². The van der Waals surface area contributed by atoms with Crippen LogP contribution in [0.4, 0.5) is 0 Å². The molecule has 0 aliphatic heterocycles. The Kier molecular flexibility index (Phi) is 12.9. The van der Waals surface area contributed by atoms with Gasteiger partial charge in [0.05, 0.1) is 12.3 Å². The summed E-state index contributed by atoms with van der Waals surface area (Å²) in [6.45, 7) is 8.65. The van der Waals surface area contributed by atoms with E-state index >= 15 is 0 Å². The molecule has 0 aliphatic carbocycles. The van der Waals surface area contributed by atoms with Crippen LogP contribution in [0.5, 0.6) is 0 Å². The SMILES string of the molecule is CCNC(=NCc1cccc(CS(=O)(=O)NC)c1)NCC(CC)CC.I. The molecule has 1 rings (SSSR count). The minimum absolute atomic E-state index is 0. The Bertz CT molecular complexity index is 646. The average Bonchev–Trinajstić information content (AvgIpc) is 2.60. The van der Waals surface area contributed by atoms with Crippen LogP contribution in [0.1, 0.15) is 44.7 Å². The van der Waals surface area contributed by atoms with Gasteiger partial charge in [0.15, 0.2) is 5.96 Å². The Balaban J connectivity index is 0.00000625. The van der Waals surface area contributed by atoms with Crippen molar-refractivity contribution in [2.24, 2.45) is 10.9 Å². The van der Waals surface area contributed by atoms with Crippen LogP contribution in [0.3, 0.4) is 0 Å². The number of nitrogens with zero attached hydrogens (tertiary/aromatic N) is 1. The fraction of sp³-hybridized carbons (Fsp3) is 0.611. The summed E-state index contributed by atoms with van der Waals surface area (Å²) in [7, 11) is -1.84. The number of benzene rings is 1. The Labute approximate surface area is 175 Å². The fourth-order valence-electron chi connectivity index (χ4n) is 2.44. The van der Waals surface area contributed by atoms with Gasteiger partial charge in [-0.25, -0.2) is 18.1 Å². The van der Waals surface area contributed by atoms with E-state index in [1.54, 1.807) is 0 Å². The molecule has 6 nitrogen and oxygen atoms in total. The lowest BCUT2D eigenvalue weighted by molar-refractivity contribution is 0.481. The van der Waals surface area contributed by atoms with Crippen LogP contribution in [-0.2, 0) is 22.3 Å². The molecule has 0 unspecified atom stereocenters. The third kappa shape index (κ3) is 9.72. The summed E-state index contributed by atoms with van der Waals surface area (Å²) in [5.41, 5.74) is 1.75. The van der Waals surface area contributed by atoms with Gasteiger partial charge in [0.2, 0.25) is 10.0 Å². The first-order valence-corrected chi connectivity index (χ1v) is 10.6. The predicted molar refractivity (Wildman–Crippen MR) is 120 cm³/mol. The highest BCUT2D eigenvalue weighted by Crippen LogP contribution is 2.10. The molecule has 8 heteroatoms. The van der Waals surface area contributed by atoms with E-state index in [0.29, 0.717) is 12.5 Å². The summed E-state index contributed by atoms with van der Waals surface area (Å²) in [5.74, 6) is 1.41. The lowest BCUT2D eigenvalue weighted by Gasteiger charge is -2.16. The largest absolute Gasteiger partial charge is 0.357 e. The third-order valence-corrected chi connectivity index (χ3v) is 5.47. The molecule has 1 aromatic carbocycles. The number of rotatable bonds is 10. The number of hydrogen-bond donors (Lipinski definition) is 3. The van der Waals surface area contributed by atoms with Gasteiger partial charge in [0, 0.05) is 13.1 Å². The van der Waals surface area contributed by atoms with E-state index in [4.69, 9.17) is 0 Å². The van der Waals surface area contributed by atoms with Gasteiger partial charge in [-0.15, -0.1) is 24.0 Å². The van der Waals surface area contributed by atoms with Crippen molar-refractivity contribution in [3.8, 4) is 0 Å². The molecule has 0 aliphatic rings. The molecule has 0 saturated heterocycles. The average molecular weight is 496 g/mol. The summed E-state index contributed by atoms with van der Waals surface area (Å²) >= 11 is 0. The normalized spacial score (nSPS) is 12.0. The van der Waals surface area contributed by atoms with Gasteiger partial charge in [-0.05, 0) is 31.0 Å². The Morgan fingerprint density at radius 3 is 2.35 bits per heavy atom. The summed E-state index contributed by atoms with van der Waals surface area (Å²) in [6.07, 6.45) is 2.29. The molecule has 0 heterocycles. The van der Waals surface area contributed by atoms with Gasteiger partial charge >= 0.3 is 0 Å². The highest BCUT2D eigenvalue weighted by Gasteiger charge is 2.09. The van der Waals surface area contributed by atoms with Crippen molar-refractivity contribution in [1.82, 2.24) is 15.4 Å². The Morgan fingerprint density at radius 1 is 1.12 bits per heavy atom. The molecule has 0 radical (unpaired) electrons. The van der Waals surface area contributed by atoms with Crippen LogP contribution in [0.2, 0.25) is 0 Å². The zero-order chi connectivity index (χ0) is 18.7. The van der Waals surface area contributed by atoms with Crippen molar-refractivity contribution in [3.05, 3.63) is 35.4 Å². The first-order chi connectivity index (χ1) is 11.9. The van der Waals surface area contributed by atoms with Crippen LogP contribution < -0.4 is 15.4 Å². The summed E-state index contributed by atoms with van der Waals surface area (Å²) in [6, 6.07) is 7.54. The number of hydrogen-bond acceptors (Lipinski definition) is 3. The van der Waals surface area contributed by atoms with Crippen LogP contribution >= 0.6 is 24.0 Å². The molecule has 0 aromatic heterocycles. The fourth-order valence-corrected chi connectivity index (χ4v) is 3.20. The summed E-state index contributed by atoms with van der Waals surface area (Å²) in [5, 5.41) is 6.64. The third-order valence-electron chi connectivity index (χ3n) is 4.14. The molecule has 26 heavy (non-hydrogen) atoms. The molecule has 0 atom stereocenters. The number of aliphatic imine (C=N–C) groups is 1. The van der Waals surface area contributed by atoms with Crippen LogP contribution in [-0.4, -0.2) is 34.5 Å². The van der Waals surface area contributed by atoms with Gasteiger partial charge in [-0.2, -0.15) is 0 Å². The molecule has 0 fully saturated rings. The van der Waals surface area contributed by atoms with E-state index in [0.717, 1.165) is 43.0 Å². The minimum atomic E-state index is -3.26. The molecule has 150 valence electrons. The van der Waals surface area contributed by atoms with Crippen molar-refractivity contribution < 1.29 is 8.42 Å². The van der Waals surface area contributed by atoms with E-state index in [1.807, 2.05) is 31.2 Å². The van der Waals surface area contributed by atoms with E-state index in [-0.39, 0.29) is 29.7 Å². The second-order valence-electron chi connectivity index (χ2n) is 6.04. The van der Waals surface area contributed by atoms with E-state index < -0.39 is 10.0 Å². The smallest absolute Gasteiger partial charge is 0.215 e. The van der Waals surface area contributed by atoms with Gasteiger partial charge in [0.25, 0.3) is 0 Å². The quantitative estimate of drug-likeness (QED) is 0.264. The number of nitrogens with one attached hydrogen (secondary N) is 3. The van der Waals surface area contributed by atoms with Crippen molar-refractivity contribution in [2.75, 3.05) is 20.1 Å². The van der Waals surface area contributed by atoms with Gasteiger partial charge in [-0.3, -0.25) is 0 Å². The number of sulfonamides is 1. The maximum atomic E-state index is 11.7. The zero-order valence-electron chi connectivity index (χ0n) is 16.2. The molecule has 3 N–H and O–H groups in total. The summed E-state index contributed by atoms with van der Waals surface area (Å²) < 4.78 is 25.7.